The van der Waals surface area contributed by atoms with Gasteiger partial charge in [-0.1, -0.05) is 13.3 Å². The summed E-state index contributed by atoms with van der Waals surface area (Å²) in [5, 5.41) is 9.05. The van der Waals surface area contributed by atoms with Gasteiger partial charge in [-0.05, 0) is 25.3 Å². The van der Waals surface area contributed by atoms with Crippen LogP contribution < -0.4 is 0 Å². The van der Waals surface area contributed by atoms with Gasteiger partial charge < -0.3 is 10.0 Å². The van der Waals surface area contributed by atoms with Crippen LogP contribution >= 0.6 is 11.8 Å². The highest BCUT2D eigenvalue weighted by molar-refractivity contribution is 7.99. The van der Waals surface area contributed by atoms with Gasteiger partial charge in [0, 0.05) is 31.2 Å². The maximum atomic E-state index is 9.05. The van der Waals surface area contributed by atoms with E-state index in [0.29, 0.717) is 12.5 Å². The molecule has 1 unspecified atom stereocenters. The lowest BCUT2D eigenvalue weighted by atomic mass is 10.0. The molecule has 0 aromatic rings. The van der Waals surface area contributed by atoms with E-state index in [1.165, 1.54) is 44.0 Å². The standard InChI is InChI=1S/C11H23NOS/c1-2-11(10-13)4-3-5-12-6-8-14-9-7-12/h11,13H,2-10H2,1H3. The number of nitrogens with zero attached hydrogens (tertiary/aromatic N) is 1. The first-order valence-corrected chi connectivity index (χ1v) is 6.93. The fourth-order valence-electron chi connectivity index (χ4n) is 1.85. The van der Waals surface area contributed by atoms with Crippen molar-refractivity contribution < 1.29 is 5.11 Å². The minimum Gasteiger partial charge on any atom is -0.396 e. The van der Waals surface area contributed by atoms with Crippen molar-refractivity contribution in [1.82, 2.24) is 4.90 Å². The predicted molar refractivity (Wildman–Crippen MR) is 63.9 cm³/mol. The summed E-state index contributed by atoms with van der Waals surface area (Å²) in [5.41, 5.74) is 0. The van der Waals surface area contributed by atoms with E-state index in [2.05, 4.69) is 23.6 Å². The summed E-state index contributed by atoms with van der Waals surface area (Å²) in [5.74, 6) is 3.14. The van der Waals surface area contributed by atoms with Crippen LogP contribution in [-0.2, 0) is 0 Å². The van der Waals surface area contributed by atoms with Crippen molar-refractivity contribution in [3.63, 3.8) is 0 Å². The molecule has 0 bridgehead atoms. The summed E-state index contributed by atoms with van der Waals surface area (Å²) in [6.07, 6.45) is 3.56. The summed E-state index contributed by atoms with van der Waals surface area (Å²) in [6.45, 7) is 6.29. The molecule has 1 rings (SSSR count). The van der Waals surface area contributed by atoms with Gasteiger partial charge >= 0.3 is 0 Å². The van der Waals surface area contributed by atoms with Crippen molar-refractivity contribution in [2.24, 2.45) is 5.92 Å². The van der Waals surface area contributed by atoms with E-state index in [9.17, 15) is 0 Å². The second kappa shape index (κ2) is 7.55. The molecular formula is C11H23NOS. The molecule has 0 aliphatic carbocycles. The third kappa shape index (κ3) is 4.67. The molecule has 0 aromatic heterocycles. The lowest BCUT2D eigenvalue weighted by molar-refractivity contribution is 0.203. The highest BCUT2D eigenvalue weighted by Crippen LogP contribution is 2.13. The molecule has 1 aliphatic heterocycles. The van der Waals surface area contributed by atoms with Gasteiger partial charge in [-0.3, -0.25) is 0 Å². The van der Waals surface area contributed by atoms with Crippen LogP contribution in [0.4, 0.5) is 0 Å². The molecule has 0 radical (unpaired) electrons. The van der Waals surface area contributed by atoms with Gasteiger partial charge in [0.25, 0.3) is 0 Å². The zero-order valence-corrected chi connectivity index (χ0v) is 10.1. The fraction of sp³-hybridized carbons (Fsp3) is 1.00. The Morgan fingerprint density at radius 2 is 2.07 bits per heavy atom. The van der Waals surface area contributed by atoms with Crippen molar-refractivity contribution in [3.8, 4) is 0 Å². The molecule has 1 heterocycles. The van der Waals surface area contributed by atoms with Crippen molar-refractivity contribution >= 4 is 11.8 Å². The number of hydrogen-bond donors (Lipinski definition) is 1. The number of hydrogen-bond acceptors (Lipinski definition) is 3. The molecule has 0 aromatic carbocycles. The summed E-state index contributed by atoms with van der Waals surface area (Å²) in [6, 6.07) is 0. The Morgan fingerprint density at radius 3 is 2.64 bits per heavy atom. The molecule has 84 valence electrons. The monoisotopic (exact) mass is 217 g/mol. The minimum atomic E-state index is 0.367. The highest BCUT2D eigenvalue weighted by atomic mass is 32.2. The summed E-state index contributed by atoms with van der Waals surface area (Å²) < 4.78 is 0. The molecular weight excluding hydrogens is 194 g/mol. The largest absolute Gasteiger partial charge is 0.396 e. The maximum Gasteiger partial charge on any atom is 0.0459 e. The molecule has 1 fully saturated rings. The van der Waals surface area contributed by atoms with Crippen LogP contribution in [0.25, 0.3) is 0 Å². The average Bonchev–Trinajstić information content (AvgIpc) is 2.26. The Morgan fingerprint density at radius 1 is 1.36 bits per heavy atom. The molecule has 0 amide bonds. The molecule has 1 atom stereocenters. The second-order valence-corrected chi connectivity index (χ2v) is 5.28. The first-order valence-electron chi connectivity index (χ1n) is 5.77. The van der Waals surface area contributed by atoms with E-state index in [4.69, 9.17) is 5.11 Å². The molecule has 3 heteroatoms. The molecule has 14 heavy (non-hydrogen) atoms. The first kappa shape index (κ1) is 12.3. The van der Waals surface area contributed by atoms with Gasteiger partial charge in [-0.15, -0.1) is 0 Å². The van der Waals surface area contributed by atoms with Crippen LogP contribution in [0.1, 0.15) is 26.2 Å². The number of rotatable bonds is 6. The minimum absolute atomic E-state index is 0.367. The normalized spacial score (nSPS) is 21.0. The van der Waals surface area contributed by atoms with Crippen molar-refractivity contribution in [1.29, 1.82) is 0 Å². The Hall–Kier alpha value is 0.270. The Kier molecular flexibility index (Phi) is 6.65. The fourth-order valence-corrected chi connectivity index (χ4v) is 2.83. The zero-order chi connectivity index (χ0) is 10.2. The predicted octanol–water partition coefficient (Wildman–Crippen LogP) is 1.83. The van der Waals surface area contributed by atoms with E-state index >= 15 is 0 Å². The molecule has 1 N–H and O–H groups in total. The van der Waals surface area contributed by atoms with Crippen LogP contribution in [0.2, 0.25) is 0 Å². The Labute approximate surface area is 92.1 Å². The van der Waals surface area contributed by atoms with Crippen LogP contribution in [0, 0.1) is 5.92 Å². The zero-order valence-electron chi connectivity index (χ0n) is 9.24. The van der Waals surface area contributed by atoms with E-state index in [1.54, 1.807) is 0 Å². The maximum absolute atomic E-state index is 9.05. The second-order valence-electron chi connectivity index (χ2n) is 4.05. The number of aliphatic hydroxyl groups is 1. The van der Waals surface area contributed by atoms with Crippen LogP contribution in [0.5, 0.6) is 0 Å². The van der Waals surface area contributed by atoms with E-state index in [0.717, 1.165) is 6.42 Å². The SMILES string of the molecule is CCC(CO)CCCN1CCSCC1. The van der Waals surface area contributed by atoms with Crippen LogP contribution in [0.3, 0.4) is 0 Å². The van der Waals surface area contributed by atoms with E-state index in [1.807, 2.05) is 0 Å². The first-order chi connectivity index (χ1) is 6.86. The number of thioether (sulfide) groups is 1. The summed E-state index contributed by atoms with van der Waals surface area (Å²) >= 11 is 2.07. The van der Waals surface area contributed by atoms with Gasteiger partial charge in [-0.25, -0.2) is 0 Å². The summed E-state index contributed by atoms with van der Waals surface area (Å²) in [4.78, 5) is 2.56. The van der Waals surface area contributed by atoms with Gasteiger partial charge in [0.15, 0.2) is 0 Å². The van der Waals surface area contributed by atoms with Crippen LogP contribution in [-0.4, -0.2) is 47.8 Å². The molecule has 1 saturated heterocycles. The Balaban J connectivity index is 2.01. The molecule has 1 aliphatic rings. The quantitative estimate of drug-likeness (QED) is 0.734. The van der Waals surface area contributed by atoms with Crippen molar-refractivity contribution in [2.75, 3.05) is 37.7 Å². The highest BCUT2D eigenvalue weighted by Gasteiger charge is 2.10. The average molecular weight is 217 g/mol. The van der Waals surface area contributed by atoms with Crippen LogP contribution in [0.15, 0.2) is 0 Å². The third-order valence-corrected chi connectivity index (χ3v) is 3.97. The Bertz CT molecular complexity index is 133. The topological polar surface area (TPSA) is 23.5 Å². The van der Waals surface area contributed by atoms with Gasteiger partial charge in [0.1, 0.15) is 0 Å². The molecule has 2 nitrogen and oxygen atoms in total. The van der Waals surface area contributed by atoms with Gasteiger partial charge in [0.2, 0.25) is 0 Å². The number of aliphatic hydroxyl groups excluding tert-OH is 1. The third-order valence-electron chi connectivity index (χ3n) is 3.03. The summed E-state index contributed by atoms with van der Waals surface area (Å²) in [7, 11) is 0. The van der Waals surface area contributed by atoms with Crippen molar-refractivity contribution in [2.45, 2.75) is 26.2 Å². The van der Waals surface area contributed by atoms with Crippen molar-refractivity contribution in [3.05, 3.63) is 0 Å². The smallest absolute Gasteiger partial charge is 0.0459 e. The van der Waals surface area contributed by atoms with E-state index in [-0.39, 0.29) is 0 Å². The molecule has 0 spiro atoms. The lowest BCUT2D eigenvalue weighted by Crippen LogP contribution is -2.33. The van der Waals surface area contributed by atoms with E-state index < -0.39 is 0 Å². The lowest BCUT2D eigenvalue weighted by Gasteiger charge is -2.26. The molecule has 0 saturated carbocycles. The van der Waals surface area contributed by atoms with Gasteiger partial charge in [0.05, 0.1) is 0 Å². The van der Waals surface area contributed by atoms with Gasteiger partial charge in [-0.2, -0.15) is 11.8 Å².